The quantitative estimate of drug-likeness (QED) is 0.837. The van der Waals surface area contributed by atoms with Crippen LogP contribution < -0.4 is 11.1 Å². The summed E-state index contributed by atoms with van der Waals surface area (Å²) in [4.78, 5) is 4.09. The lowest BCUT2D eigenvalue weighted by molar-refractivity contribution is 0.413. The van der Waals surface area contributed by atoms with E-state index < -0.39 is 0 Å². The molecule has 0 radical (unpaired) electrons. The first kappa shape index (κ1) is 13.6. The van der Waals surface area contributed by atoms with Gasteiger partial charge in [-0.25, -0.2) is 4.98 Å². The van der Waals surface area contributed by atoms with Gasteiger partial charge in [-0.3, -0.25) is 0 Å². The van der Waals surface area contributed by atoms with Gasteiger partial charge in [-0.2, -0.15) is 0 Å². The number of para-hydroxylation sites is 2. The molecule has 0 saturated carbocycles. The topological polar surface area (TPSA) is 55.9 Å². The summed E-state index contributed by atoms with van der Waals surface area (Å²) in [6.45, 7) is 6.01. The van der Waals surface area contributed by atoms with Crippen LogP contribution in [0.5, 0.6) is 0 Å². The maximum atomic E-state index is 5.82. The first-order valence-corrected chi connectivity index (χ1v) is 6.73. The minimum Gasteiger partial charge on any atom is -0.383 e. The second kappa shape index (κ2) is 6.38. The third kappa shape index (κ3) is 3.35. The minimum atomic E-state index is 0.482. The highest BCUT2D eigenvalue weighted by molar-refractivity contribution is 5.60. The summed E-state index contributed by atoms with van der Waals surface area (Å²) >= 11 is 0. The highest BCUT2D eigenvalue weighted by Crippen LogP contribution is 2.20. The number of rotatable bonds is 6. The molecule has 3 N–H and O–H groups in total. The van der Waals surface area contributed by atoms with Gasteiger partial charge in [0, 0.05) is 18.9 Å². The highest BCUT2D eigenvalue weighted by atomic mass is 15.1. The standard InChI is InChI=1S/C15H22N4/c1-12(2)13(9-16)10-18-14-5-3-4-6-15(14)19-8-7-17-11-19/h3-8,11-13,18H,9-10,16H2,1-2H3. The number of nitrogens with zero attached hydrogens (tertiary/aromatic N) is 2. The van der Waals surface area contributed by atoms with E-state index in [4.69, 9.17) is 5.73 Å². The monoisotopic (exact) mass is 258 g/mol. The molecule has 19 heavy (non-hydrogen) atoms. The lowest BCUT2D eigenvalue weighted by Gasteiger charge is -2.21. The van der Waals surface area contributed by atoms with Crippen molar-refractivity contribution in [1.82, 2.24) is 9.55 Å². The summed E-state index contributed by atoms with van der Waals surface area (Å²) in [5, 5.41) is 3.51. The van der Waals surface area contributed by atoms with Crippen molar-refractivity contribution in [3.8, 4) is 5.69 Å². The van der Waals surface area contributed by atoms with Crippen LogP contribution in [0, 0.1) is 11.8 Å². The Labute approximate surface area is 114 Å². The van der Waals surface area contributed by atoms with Crippen molar-refractivity contribution in [3.63, 3.8) is 0 Å². The fourth-order valence-corrected chi connectivity index (χ4v) is 2.08. The van der Waals surface area contributed by atoms with Crippen LogP contribution in [0.3, 0.4) is 0 Å². The van der Waals surface area contributed by atoms with E-state index in [1.807, 2.05) is 29.2 Å². The van der Waals surface area contributed by atoms with Crippen LogP contribution in [0.15, 0.2) is 43.0 Å². The Balaban J connectivity index is 2.13. The molecule has 0 aliphatic carbocycles. The van der Waals surface area contributed by atoms with Gasteiger partial charge in [0.2, 0.25) is 0 Å². The molecule has 102 valence electrons. The molecule has 0 spiro atoms. The zero-order valence-electron chi connectivity index (χ0n) is 11.6. The average Bonchev–Trinajstić information content (AvgIpc) is 2.93. The summed E-state index contributed by atoms with van der Waals surface area (Å²) < 4.78 is 2.01. The predicted octanol–water partition coefficient (Wildman–Crippen LogP) is 2.52. The van der Waals surface area contributed by atoms with Gasteiger partial charge in [-0.1, -0.05) is 26.0 Å². The van der Waals surface area contributed by atoms with Gasteiger partial charge in [-0.15, -0.1) is 0 Å². The van der Waals surface area contributed by atoms with Crippen LogP contribution in [0.2, 0.25) is 0 Å². The van der Waals surface area contributed by atoms with Gasteiger partial charge in [0.1, 0.15) is 0 Å². The molecule has 2 rings (SSSR count). The highest BCUT2D eigenvalue weighted by Gasteiger charge is 2.12. The van der Waals surface area contributed by atoms with Gasteiger partial charge in [0.05, 0.1) is 17.7 Å². The van der Waals surface area contributed by atoms with Gasteiger partial charge >= 0.3 is 0 Å². The molecule has 2 aromatic rings. The molecular weight excluding hydrogens is 236 g/mol. The molecule has 1 aromatic heterocycles. The van der Waals surface area contributed by atoms with Crippen molar-refractivity contribution in [2.24, 2.45) is 17.6 Å². The molecular formula is C15H22N4. The average molecular weight is 258 g/mol. The number of hydrogen-bond acceptors (Lipinski definition) is 3. The zero-order valence-corrected chi connectivity index (χ0v) is 11.6. The molecule has 1 atom stereocenters. The van der Waals surface area contributed by atoms with E-state index in [2.05, 4.69) is 36.3 Å². The number of nitrogens with one attached hydrogen (secondary N) is 1. The van der Waals surface area contributed by atoms with Crippen molar-refractivity contribution in [3.05, 3.63) is 43.0 Å². The fraction of sp³-hybridized carbons (Fsp3) is 0.400. The van der Waals surface area contributed by atoms with E-state index in [9.17, 15) is 0 Å². The second-order valence-electron chi connectivity index (χ2n) is 5.11. The Morgan fingerprint density at radius 1 is 1.32 bits per heavy atom. The van der Waals surface area contributed by atoms with Crippen molar-refractivity contribution < 1.29 is 0 Å². The van der Waals surface area contributed by atoms with Gasteiger partial charge in [-0.05, 0) is 30.5 Å². The van der Waals surface area contributed by atoms with Gasteiger partial charge < -0.3 is 15.6 Å². The minimum absolute atomic E-state index is 0.482. The summed E-state index contributed by atoms with van der Waals surface area (Å²) in [5.41, 5.74) is 8.04. The van der Waals surface area contributed by atoms with E-state index in [-0.39, 0.29) is 0 Å². The van der Waals surface area contributed by atoms with Gasteiger partial charge in [0.25, 0.3) is 0 Å². The number of aromatic nitrogens is 2. The molecule has 1 heterocycles. The number of anilines is 1. The molecule has 1 unspecified atom stereocenters. The van der Waals surface area contributed by atoms with Crippen molar-refractivity contribution in [2.45, 2.75) is 13.8 Å². The molecule has 4 nitrogen and oxygen atoms in total. The molecule has 0 bridgehead atoms. The third-order valence-corrected chi connectivity index (χ3v) is 3.49. The Morgan fingerprint density at radius 3 is 2.74 bits per heavy atom. The van der Waals surface area contributed by atoms with E-state index >= 15 is 0 Å². The largest absolute Gasteiger partial charge is 0.383 e. The molecule has 0 saturated heterocycles. The summed E-state index contributed by atoms with van der Waals surface area (Å²) in [6, 6.07) is 8.24. The Hall–Kier alpha value is -1.81. The first-order chi connectivity index (χ1) is 9.22. The van der Waals surface area contributed by atoms with Crippen LogP contribution in [0.1, 0.15) is 13.8 Å². The van der Waals surface area contributed by atoms with Crippen LogP contribution in [0.25, 0.3) is 5.69 Å². The summed E-state index contributed by atoms with van der Waals surface area (Å²) in [7, 11) is 0. The van der Waals surface area contributed by atoms with E-state index in [0.717, 1.165) is 17.9 Å². The fourth-order valence-electron chi connectivity index (χ4n) is 2.08. The number of hydrogen-bond donors (Lipinski definition) is 2. The molecule has 0 aliphatic heterocycles. The van der Waals surface area contributed by atoms with E-state index in [1.54, 1.807) is 6.20 Å². The SMILES string of the molecule is CC(C)C(CN)CNc1ccccc1-n1ccnc1. The molecule has 0 fully saturated rings. The smallest absolute Gasteiger partial charge is 0.0992 e. The van der Waals surface area contributed by atoms with Crippen LogP contribution in [0.4, 0.5) is 5.69 Å². The normalized spacial score (nSPS) is 12.6. The second-order valence-corrected chi connectivity index (χ2v) is 5.11. The van der Waals surface area contributed by atoms with Crippen LogP contribution in [-0.4, -0.2) is 22.6 Å². The van der Waals surface area contributed by atoms with Crippen molar-refractivity contribution in [1.29, 1.82) is 0 Å². The number of nitrogens with two attached hydrogens (primary N) is 1. The Bertz CT molecular complexity index is 491. The van der Waals surface area contributed by atoms with Crippen LogP contribution >= 0.6 is 0 Å². The van der Waals surface area contributed by atoms with E-state index in [0.29, 0.717) is 18.4 Å². The maximum absolute atomic E-state index is 5.82. The molecule has 1 aromatic carbocycles. The molecule has 4 heteroatoms. The first-order valence-electron chi connectivity index (χ1n) is 6.73. The molecule has 0 amide bonds. The van der Waals surface area contributed by atoms with Gasteiger partial charge in [0.15, 0.2) is 0 Å². The summed E-state index contributed by atoms with van der Waals surface area (Å²) in [6.07, 6.45) is 5.54. The third-order valence-electron chi connectivity index (χ3n) is 3.49. The number of imidazole rings is 1. The van der Waals surface area contributed by atoms with Crippen molar-refractivity contribution >= 4 is 5.69 Å². The lowest BCUT2D eigenvalue weighted by Crippen LogP contribution is -2.27. The van der Waals surface area contributed by atoms with Crippen molar-refractivity contribution in [2.75, 3.05) is 18.4 Å². The Kier molecular flexibility index (Phi) is 4.58. The summed E-state index contributed by atoms with van der Waals surface area (Å²) in [5.74, 6) is 1.06. The lowest BCUT2D eigenvalue weighted by atomic mass is 9.96. The maximum Gasteiger partial charge on any atom is 0.0992 e. The number of benzene rings is 1. The Morgan fingerprint density at radius 2 is 2.11 bits per heavy atom. The van der Waals surface area contributed by atoms with E-state index in [1.165, 1.54) is 0 Å². The van der Waals surface area contributed by atoms with Crippen LogP contribution in [-0.2, 0) is 0 Å². The zero-order chi connectivity index (χ0) is 13.7. The predicted molar refractivity (Wildman–Crippen MR) is 79.4 cm³/mol. The molecule has 0 aliphatic rings.